The summed E-state index contributed by atoms with van der Waals surface area (Å²) in [6.45, 7) is 10.1. The van der Waals surface area contributed by atoms with Gasteiger partial charge in [0.05, 0.1) is 21.3 Å². The average molecular weight is 397 g/mol. The van der Waals surface area contributed by atoms with E-state index < -0.39 is 0 Å². The highest BCUT2D eigenvalue weighted by Gasteiger charge is 1.88. The van der Waals surface area contributed by atoms with Crippen molar-refractivity contribution in [3.05, 3.63) is 89.5 Å². The normalized spacial score (nSPS) is 8.69. The Bertz CT molecular complexity index is 689. The number of hydrogen-bond donors (Lipinski definition) is 0. The summed E-state index contributed by atoms with van der Waals surface area (Å²) in [5.41, 5.74) is 3.69. The highest BCUT2D eigenvalue weighted by molar-refractivity contribution is 5.28. The van der Waals surface area contributed by atoms with Gasteiger partial charge in [-0.25, -0.2) is 0 Å². The van der Waals surface area contributed by atoms with Crippen LogP contribution in [0.15, 0.2) is 72.8 Å². The van der Waals surface area contributed by atoms with Crippen LogP contribution in [0.4, 0.5) is 0 Å². The van der Waals surface area contributed by atoms with Gasteiger partial charge in [0.1, 0.15) is 17.2 Å². The van der Waals surface area contributed by atoms with Gasteiger partial charge in [-0.05, 0) is 73.9 Å². The Morgan fingerprint density at radius 3 is 0.828 bits per heavy atom. The first kappa shape index (κ1) is 26.1. The van der Waals surface area contributed by atoms with Crippen LogP contribution in [-0.2, 0) is 0 Å². The molecular weight excluding hydrogens is 360 g/mol. The zero-order valence-corrected chi connectivity index (χ0v) is 19.2. The fourth-order valence-corrected chi connectivity index (χ4v) is 2.23. The van der Waals surface area contributed by atoms with E-state index in [1.165, 1.54) is 16.7 Å². The Morgan fingerprint density at radius 2 is 0.690 bits per heavy atom. The molecule has 0 saturated carbocycles. The zero-order valence-electron chi connectivity index (χ0n) is 19.2. The summed E-state index contributed by atoms with van der Waals surface area (Å²) >= 11 is 0. The third kappa shape index (κ3) is 12.2. The molecule has 0 atom stereocenters. The second-order valence-electron chi connectivity index (χ2n) is 6.06. The van der Waals surface area contributed by atoms with Crippen LogP contribution in [0.1, 0.15) is 30.5 Å². The van der Waals surface area contributed by atoms with E-state index in [4.69, 9.17) is 14.2 Å². The van der Waals surface area contributed by atoms with E-state index in [0.29, 0.717) is 0 Å². The van der Waals surface area contributed by atoms with E-state index in [1.807, 2.05) is 107 Å². The minimum absolute atomic E-state index is 0.926. The summed E-state index contributed by atoms with van der Waals surface area (Å²) in [6, 6.07) is 23.9. The molecule has 3 aromatic rings. The number of methoxy groups -OCH3 is 3. The smallest absolute Gasteiger partial charge is 0.119 e. The fraction of sp³-hybridized carbons (Fsp3) is 0.308. The molecule has 3 nitrogen and oxygen atoms in total. The number of benzene rings is 3. The molecule has 3 heteroatoms. The number of ether oxygens (including phenoxy) is 3. The highest BCUT2D eigenvalue weighted by Crippen LogP contribution is 2.11. The van der Waals surface area contributed by atoms with E-state index in [1.54, 1.807) is 21.3 Å². The molecule has 0 heterocycles. The van der Waals surface area contributed by atoms with E-state index in [2.05, 4.69) is 0 Å². The van der Waals surface area contributed by atoms with Crippen molar-refractivity contribution < 1.29 is 14.2 Å². The van der Waals surface area contributed by atoms with Crippen molar-refractivity contribution in [2.24, 2.45) is 0 Å². The largest absolute Gasteiger partial charge is 0.497 e. The number of hydrogen-bond acceptors (Lipinski definition) is 3. The van der Waals surface area contributed by atoms with Crippen LogP contribution in [0, 0.1) is 20.8 Å². The predicted octanol–water partition coefficient (Wildman–Crippen LogP) is 7.04. The molecule has 0 unspecified atom stereocenters. The van der Waals surface area contributed by atoms with Crippen molar-refractivity contribution in [1.82, 2.24) is 0 Å². The molecule has 0 fully saturated rings. The maximum Gasteiger partial charge on any atom is 0.119 e. The van der Waals surface area contributed by atoms with Crippen LogP contribution in [0.2, 0.25) is 0 Å². The maximum absolute atomic E-state index is 5.00. The molecule has 0 radical (unpaired) electrons. The van der Waals surface area contributed by atoms with Crippen molar-refractivity contribution in [3.8, 4) is 17.2 Å². The van der Waals surface area contributed by atoms with Crippen molar-refractivity contribution >= 4 is 0 Å². The van der Waals surface area contributed by atoms with Gasteiger partial charge in [0.2, 0.25) is 0 Å². The third-order valence-corrected chi connectivity index (χ3v) is 3.68. The quantitative estimate of drug-likeness (QED) is 0.475. The van der Waals surface area contributed by atoms with Crippen molar-refractivity contribution in [3.63, 3.8) is 0 Å². The number of aryl methyl sites for hydroxylation is 3. The Balaban J connectivity index is 0.000000388. The van der Waals surface area contributed by atoms with Gasteiger partial charge in [0.25, 0.3) is 0 Å². The van der Waals surface area contributed by atoms with E-state index in [0.717, 1.165) is 17.2 Å². The topological polar surface area (TPSA) is 27.7 Å². The lowest BCUT2D eigenvalue weighted by molar-refractivity contribution is 0.414. The van der Waals surface area contributed by atoms with Crippen LogP contribution in [-0.4, -0.2) is 21.3 Å². The molecule has 0 N–H and O–H groups in total. The standard InChI is InChI=1S/3C8H10O.C2H6/c3*1-7-4-3-5-8(6-7)9-2;1-2/h3*3-6H,1-2H3;1-2H3. The van der Waals surface area contributed by atoms with Gasteiger partial charge in [-0.1, -0.05) is 50.2 Å². The van der Waals surface area contributed by atoms with Crippen molar-refractivity contribution in [2.75, 3.05) is 21.3 Å². The molecule has 0 aliphatic rings. The second kappa shape index (κ2) is 16.1. The van der Waals surface area contributed by atoms with Gasteiger partial charge in [-0.15, -0.1) is 0 Å². The lowest BCUT2D eigenvalue weighted by atomic mass is 10.2. The molecule has 0 amide bonds. The summed E-state index contributed by atoms with van der Waals surface area (Å²) < 4.78 is 15.0. The molecule has 29 heavy (non-hydrogen) atoms. The third-order valence-electron chi connectivity index (χ3n) is 3.68. The van der Waals surface area contributed by atoms with Crippen LogP contribution in [0.3, 0.4) is 0 Å². The molecular formula is C26H36O3. The zero-order chi connectivity index (χ0) is 22.1. The number of rotatable bonds is 3. The minimum Gasteiger partial charge on any atom is -0.497 e. The molecule has 0 aliphatic heterocycles. The summed E-state index contributed by atoms with van der Waals surface area (Å²) in [5.74, 6) is 2.78. The second-order valence-corrected chi connectivity index (χ2v) is 6.06. The summed E-state index contributed by atoms with van der Waals surface area (Å²) in [4.78, 5) is 0. The van der Waals surface area contributed by atoms with Crippen LogP contribution in [0.25, 0.3) is 0 Å². The predicted molar refractivity (Wildman–Crippen MR) is 125 cm³/mol. The van der Waals surface area contributed by atoms with Crippen molar-refractivity contribution in [2.45, 2.75) is 34.6 Å². The van der Waals surface area contributed by atoms with Gasteiger partial charge in [-0.3, -0.25) is 0 Å². The van der Waals surface area contributed by atoms with Crippen LogP contribution >= 0.6 is 0 Å². The van der Waals surface area contributed by atoms with Gasteiger partial charge in [0.15, 0.2) is 0 Å². The molecule has 158 valence electrons. The average Bonchev–Trinajstić information content (AvgIpc) is 2.76. The minimum atomic E-state index is 0.926. The van der Waals surface area contributed by atoms with E-state index in [9.17, 15) is 0 Å². The fourth-order valence-electron chi connectivity index (χ4n) is 2.23. The summed E-state index contributed by atoms with van der Waals surface area (Å²) in [5, 5.41) is 0. The monoisotopic (exact) mass is 396 g/mol. The highest BCUT2D eigenvalue weighted by atomic mass is 16.5. The molecule has 3 aromatic carbocycles. The lowest BCUT2D eigenvalue weighted by Gasteiger charge is -1.97. The summed E-state index contributed by atoms with van der Waals surface area (Å²) in [6.07, 6.45) is 0. The van der Waals surface area contributed by atoms with Crippen LogP contribution in [0.5, 0.6) is 17.2 Å². The first-order valence-electron chi connectivity index (χ1n) is 9.80. The molecule has 0 spiro atoms. The van der Waals surface area contributed by atoms with Crippen LogP contribution < -0.4 is 14.2 Å². The van der Waals surface area contributed by atoms with Gasteiger partial charge in [0, 0.05) is 0 Å². The van der Waals surface area contributed by atoms with Gasteiger partial charge < -0.3 is 14.2 Å². The first-order chi connectivity index (χ1) is 14.0. The SMILES string of the molecule is CC.COc1cccc(C)c1.COc1cccc(C)c1.COc1cccc(C)c1. The Hall–Kier alpha value is -2.94. The van der Waals surface area contributed by atoms with E-state index in [-0.39, 0.29) is 0 Å². The maximum atomic E-state index is 5.00. The molecule has 0 saturated heterocycles. The van der Waals surface area contributed by atoms with Crippen molar-refractivity contribution in [1.29, 1.82) is 0 Å². The lowest BCUT2D eigenvalue weighted by Crippen LogP contribution is -1.81. The van der Waals surface area contributed by atoms with E-state index >= 15 is 0 Å². The molecule has 0 bridgehead atoms. The Labute approximate surface area is 177 Å². The Kier molecular flexibility index (Phi) is 14.4. The molecule has 3 rings (SSSR count). The van der Waals surface area contributed by atoms with Gasteiger partial charge in [-0.2, -0.15) is 0 Å². The molecule has 0 aromatic heterocycles. The van der Waals surface area contributed by atoms with Gasteiger partial charge >= 0.3 is 0 Å². The Morgan fingerprint density at radius 1 is 0.448 bits per heavy atom. The molecule has 0 aliphatic carbocycles. The first-order valence-corrected chi connectivity index (χ1v) is 9.80. The summed E-state index contributed by atoms with van der Waals surface area (Å²) in [7, 11) is 5.03.